The number of rotatable bonds is 4. The van der Waals surface area contributed by atoms with Crippen LogP contribution >= 0.6 is 11.6 Å². The van der Waals surface area contributed by atoms with Gasteiger partial charge in [-0.15, -0.1) is 0 Å². The Morgan fingerprint density at radius 2 is 1.92 bits per heavy atom. The zero-order chi connectivity index (χ0) is 17.8. The first kappa shape index (κ1) is 16.9. The summed E-state index contributed by atoms with van der Waals surface area (Å²) < 4.78 is 19.3. The summed E-state index contributed by atoms with van der Waals surface area (Å²) in [5.74, 6) is -1.91. The largest absolute Gasteiger partial charge is 0.507 e. The summed E-state index contributed by atoms with van der Waals surface area (Å²) in [5, 5.41) is 9.90. The van der Waals surface area contributed by atoms with Crippen molar-refractivity contribution in [1.82, 2.24) is 9.97 Å². The minimum absolute atomic E-state index is 0.0143. The number of benzene rings is 2. The molecule has 1 N–H and O–H groups in total. The number of hydrogen-bond donors (Lipinski definition) is 1. The summed E-state index contributed by atoms with van der Waals surface area (Å²) in [6, 6.07) is 13.3. The van der Waals surface area contributed by atoms with Gasteiger partial charge in [-0.3, -0.25) is 0 Å². The first-order valence-electron chi connectivity index (χ1n) is 7.27. The zero-order valence-electron chi connectivity index (χ0n) is 12.8. The van der Waals surface area contributed by atoms with Crippen molar-refractivity contribution in [1.29, 1.82) is 0 Å². The predicted molar refractivity (Wildman–Crippen MR) is 89.7 cm³/mol. The van der Waals surface area contributed by atoms with Gasteiger partial charge in [0.25, 0.3) is 0 Å². The van der Waals surface area contributed by atoms with E-state index in [1.807, 2.05) is 18.2 Å². The predicted octanol–water partition coefficient (Wildman–Crippen LogP) is 4.00. The molecule has 3 aromatic rings. The van der Waals surface area contributed by atoms with Crippen LogP contribution in [0.1, 0.15) is 15.9 Å². The van der Waals surface area contributed by atoms with Gasteiger partial charge in [0.15, 0.2) is 5.82 Å². The first-order chi connectivity index (χ1) is 12.1. The third-order valence-electron chi connectivity index (χ3n) is 3.43. The third kappa shape index (κ3) is 3.75. The van der Waals surface area contributed by atoms with Gasteiger partial charge in [-0.05, 0) is 23.2 Å². The summed E-state index contributed by atoms with van der Waals surface area (Å²) in [6.45, 7) is 0.0143. The number of hydrogen-bond acceptors (Lipinski definition) is 5. The molecule has 3 rings (SSSR count). The van der Waals surface area contributed by atoms with Gasteiger partial charge in [-0.1, -0.05) is 42.5 Å². The van der Waals surface area contributed by atoms with E-state index in [2.05, 4.69) is 9.97 Å². The van der Waals surface area contributed by atoms with Crippen molar-refractivity contribution in [3.63, 3.8) is 0 Å². The number of carbonyl (C=O) groups excluding carboxylic acids is 1. The Morgan fingerprint density at radius 1 is 1.16 bits per heavy atom. The van der Waals surface area contributed by atoms with Crippen molar-refractivity contribution in [3.8, 4) is 17.0 Å². The van der Waals surface area contributed by atoms with Crippen molar-refractivity contribution in [2.45, 2.75) is 6.61 Å². The number of carbonyl (C=O) groups is 1. The van der Waals surface area contributed by atoms with Crippen molar-refractivity contribution >= 4 is 17.6 Å². The Kier molecular flexibility index (Phi) is 4.90. The molecule has 0 atom stereocenters. The summed E-state index contributed by atoms with van der Waals surface area (Å²) in [6.07, 6.45) is 0.897. The first-order valence-corrected chi connectivity index (χ1v) is 7.65. The van der Waals surface area contributed by atoms with Gasteiger partial charge in [0.1, 0.15) is 23.6 Å². The molecule has 1 heterocycles. The molecule has 0 fully saturated rings. The van der Waals surface area contributed by atoms with E-state index in [9.17, 15) is 14.3 Å². The highest BCUT2D eigenvalue weighted by molar-refractivity contribution is 6.28. The molecule has 2 aromatic carbocycles. The van der Waals surface area contributed by atoms with Gasteiger partial charge in [-0.25, -0.2) is 19.2 Å². The maximum Gasteiger partial charge on any atom is 0.342 e. The molecule has 0 saturated heterocycles. The number of aromatic nitrogens is 2. The van der Waals surface area contributed by atoms with Crippen molar-refractivity contribution < 1.29 is 19.0 Å². The SMILES string of the molecule is O=C(OCc1ccccc1)c1c(O)cccc1-c1nc(Cl)ncc1F. The Hall–Kier alpha value is -2.99. The lowest BCUT2D eigenvalue weighted by Gasteiger charge is -2.11. The van der Waals surface area contributed by atoms with Crippen LogP contribution in [-0.2, 0) is 11.3 Å². The van der Waals surface area contributed by atoms with Gasteiger partial charge in [0, 0.05) is 5.56 Å². The van der Waals surface area contributed by atoms with E-state index in [4.69, 9.17) is 16.3 Å². The Labute approximate surface area is 147 Å². The normalized spacial score (nSPS) is 10.5. The minimum atomic E-state index is -0.800. The van der Waals surface area contributed by atoms with E-state index in [-0.39, 0.29) is 34.5 Å². The molecule has 0 aliphatic rings. The maximum absolute atomic E-state index is 14.1. The van der Waals surface area contributed by atoms with E-state index >= 15 is 0 Å². The number of halogens is 2. The van der Waals surface area contributed by atoms with E-state index in [0.717, 1.165) is 11.8 Å². The van der Waals surface area contributed by atoms with E-state index < -0.39 is 11.8 Å². The number of ether oxygens (including phenoxy) is 1. The van der Waals surface area contributed by atoms with Crippen molar-refractivity contribution in [2.24, 2.45) is 0 Å². The van der Waals surface area contributed by atoms with Gasteiger partial charge in [-0.2, -0.15) is 0 Å². The molecule has 0 spiro atoms. The second kappa shape index (κ2) is 7.27. The molecule has 0 bridgehead atoms. The van der Waals surface area contributed by atoms with E-state index in [0.29, 0.717) is 0 Å². The smallest absolute Gasteiger partial charge is 0.342 e. The molecule has 0 saturated carbocycles. The minimum Gasteiger partial charge on any atom is -0.507 e. The molecule has 1 aromatic heterocycles. The monoisotopic (exact) mass is 358 g/mol. The maximum atomic E-state index is 14.1. The average Bonchev–Trinajstić information content (AvgIpc) is 2.62. The van der Waals surface area contributed by atoms with Gasteiger partial charge >= 0.3 is 5.97 Å². The number of phenolic OH excluding ortho intramolecular Hbond substituents is 1. The molecule has 0 aliphatic heterocycles. The van der Waals surface area contributed by atoms with Crippen molar-refractivity contribution in [3.05, 3.63) is 77.0 Å². The van der Waals surface area contributed by atoms with Gasteiger partial charge in [0.2, 0.25) is 5.28 Å². The molecule has 0 amide bonds. The molecule has 25 heavy (non-hydrogen) atoms. The number of phenols is 1. The van der Waals surface area contributed by atoms with Crippen LogP contribution in [0.15, 0.2) is 54.7 Å². The third-order valence-corrected chi connectivity index (χ3v) is 3.61. The highest BCUT2D eigenvalue weighted by atomic mass is 35.5. The number of nitrogens with zero attached hydrogens (tertiary/aromatic N) is 2. The van der Waals surface area contributed by atoms with E-state index in [1.165, 1.54) is 18.2 Å². The van der Waals surface area contributed by atoms with Crippen LogP contribution in [0.5, 0.6) is 5.75 Å². The fourth-order valence-electron chi connectivity index (χ4n) is 2.28. The van der Waals surface area contributed by atoms with Gasteiger partial charge < -0.3 is 9.84 Å². The number of aromatic hydroxyl groups is 1. The molecular formula is C18H12ClFN2O3. The summed E-state index contributed by atoms with van der Waals surface area (Å²) in [4.78, 5) is 19.8. The van der Waals surface area contributed by atoms with Gasteiger partial charge in [0.05, 0.1) is 6.20 Å². The molecule has 0 radical (unpaired) electrons. The lowest BCUT2D eigenvalue weighted by molar-refractivity contribution is 0.0470. The van der Waals surface area contributed by atoms with Crippen molar-refractivity contribution in [2.75, 3.05) is 0 Å². The summed E-state index contributed by atoms with van der Waals surface area (Å²) in [7, 11) is 0. The molecule has 0 aliphatic carbocycles. The lowest BCUT2D eigenvalue weighted by Crippen LogP contribution is -2.08. The lowest BCUT2D eigenvalue weighted by atomic mass is 10.0. The Bertz CT molecular complexity index is 919. The fraction of sp³-hybridized carbons (Fsp3) is 0.0556. The highest BCUT2D eigenvalue weighted by Crippen LogP contribution is 2.31. The standard InChI is InChI=1S/C18H12ClFN2O3/c19-18-21-9-13(20)16(22-18)12-7-4-8-14(23)15(12)17(24)25-10-11-5-2-1-3-6-11/h1-9,23H,10H2. The summed E-state index contributed by atoms with van der Waals surface area (Å²) in [5.41, 5.74) is 0.471. The molecule has 5 nitrogen and oxygen atoms in total. The van der Waals surface area contributed by atoms with Crippen LogP contribution in [0.25, 0.3) is 11.3 Å². The zero-order valence-corrected chi connectivity index (χ0v) is 13.6. The molecule has 7 heteroatoms. The second-order valence-corrected chi connectivity index (χ2v) is 5.44. The second-order valence-electron chi connectivity index (χ2n) is 5.10. The highest BCUT2D eigenvalue weighted by Gasteiger charge is 2.22. The van der Waals surface area contributed by atoms with Crippen LogP contribution in [0.2, 0.25) is 5.28 Å². The average molecular weight is 359 g/mol. The Morgan fingerprint density at radius 3 is 2.68 bits per heavy atom. The topological polar surface area (TPSA) is 72.3 Å². The van der Waals surface area contributed by atoms with Crippen LogP contribution in [0, 0.1) is 5.82 Å². The molecule has 0 unspecified atom stereocenters. The van der Waals surface area contributed by atoms with Crippen LogP contribution in [0.4, 0.5) is 4.39 Å². The van der Waals surface area contributed by atoms with Crippen LogP contribution in [-0.4, -0.2) is 21.0 Å². The number of esters is 1. The Balaban J connectivity index is 1.96. The quantitative estimate of drug-likeness (QED) is 0.563. The van der Waals surface area contributed by atoms with Crippen LogP contribution < -0.4 is 0 Å². The summed E-state index contributed by atoms with van der Waals surface area (Å²) >= 11 is 5.71. The van der Waals surface area contributed by atoms with Crippen LogP contribution in [0.3, 0.4) is 0 Å². The molecular weight excluding hydrogens is 347 g/mol. The molecule has 126 valence electrons. The fourth-order valence-corrected chi connectivity index (χ4v) is 2.42. The van der Waals surface area contributed by atoms with E-state index in [1.54, 1.807) is 12.1 Å².